The Kier molecular flexibility index (Phi) is 3.66. The average Bonchev–Trinajstić information content (AvgIpc) is 2.85. The van der Waals surface area contributed by atoms with E-state index in [2.05, 4.69) is 15.3 Å². The fourth-order valence-corrected chi connectivity index (χ4v) is 1.36. The van der Waals surface area contributed by atoms with E-state index in [9.17, 15) is 9.50 Å². The number of nitrogens with zero attached hydrogens (tertiary/aromatic N) is 2. The highest BCUT2D eigenvalue weighted by atomic mass is 19.1. The quantitative estimate of drug-likeness (QED) is 0.828. The SMILES string of the molecule is OC(CCNc1ncc(F)cn1)c1ccoc1. The summed E-state index contributed by atoms with van der Waals surface area (Å²) in [7, 11) is 0. The fraction of sp³-hybridized carbons (Fsp3) is 0.273. The Morgan fingerprint density at radius 2 is 2.18 bits per heavy atom. The molecule has 0 saturated heterocycles. The predicted molar refractivity (Wildman–Crippen MR) is 58.8 cm³/mol. The molecule has 90 valence electrons. The van der Waals surface area contributed by atoms with E-state index in [1.165, 1.54) is 12.5 Å². The van der Waals surface area contributed by atoms with Crippen LogP contribution in [0.5, 0.6) is 0 Å². The normalized spacial score (nSPS) is 12.4. The Morgan fingerprint density at radius 1 is 1.41 bits per heavy atom. The molecule has 0 fully saturated rings. The zero-order valence-corrected chi connectivity index (χ0v) is 9.01. The molecule has 0 spiro atoms. The minimum Gasteiger partial charge on any atom is -0.472 e. The van der Waals surface area contributed by atoms with Crippen LogP contribution in [-0.2, 0) is 0 Å². The van der Waals surface area contributed by atoms with Gasteiger partial charge in [0.15, 0.2) is 5.82 Å². The van der Waals surface area contributed by atoms with Crippen molar-refractivity contribution in [2.24, 2.45) is 0 Å². The van der Waals surface area contributed by atoms with Crippen molar-refractivity contribution in [3.63, 3.8) is 0 Å². The van der Waals surface area contributed by atoms with E-state index in [0.717, 1.165) is 18.0 Å². The van der Waals surface area contributed by atoms with Gasteiger partial charge in [-0.05, 0) is 12.5 Å². The molecule has 0 bridgehead atoms. The first-order valence-corrected chi connectivity index (χ1v) is 5.17. The van der Waals surface area contributed by atoms with Crippen LogP contribution < -0.4 is 5.32 Å². The zero-order valence-electron chi connectivity index (χ0n) is 9.01. The molecule has 6 heteroatoms. The zero-order chi connectivity index (χ0) is 12.1. The minimum absolute atomic E-state index is 0.339. The summed E-state index contributed by atoms with van der Waals surface area (Å²) < 4.78 is 17.4. The number of nitrogens with one attached hydrogen (secondary N) is 1. The summed E-state index contributed by atoms with van der Waals surface area (Å²) in [5.41, 5.74) is 0.729. The number of aliphatic hydroxyl groups excluding tert-OH is 1. The van der Waals surface area contributed by atoms with Crippen LogP contribution in [0, 0.1) is 5.82 Å². The maximum Gasteiger partial charge on any atom is 0.222 e. The van der Waals surface area contributed by atoms with Crippen molar-refractivity contribution >= 4 is 5.95 Å². The molecule has 0 amide bonds. The summed E-state index contributed by atoms with van der Waals surface area (Å²) in [5, 5.41) is 12.6. The number of rotatable bonds is 5. The van der Waals surface area contributed by atoms with Crippen molar-refractivity contribution in [2.75, 3.05) is 11.9 Å². The maximum absolute atomic E-state index is 12.5. The van der Waals surface area contributed by atoms with Crippen molar-refractivity contribution in [3.8, 4) is 0 Å². The third-order valence-electron chi connectivity index (χ3n) is 2.25. The van der Waals surface area contributed by atoms with Crippen LogP contribution in [0.15, 0.2) is 35.4 Å². The molecule has 0 aliphatic heterocycles. The van der Waals surface area contributed by atoms with Crippen LogP contribution in [0.1, 0.15) is 18.1 Å². The first-order chi connectivity index (χ1) is 8.25. The molecule has 2 heterocycles. The fourth-order valence-electron chi connectivity index (χ4n) is 1.36. The molecule has 0 aliphatic rings. The summed E-state index contributed by atoms with van der Waals surface area (Å²) in [4.78, 5) is 7.48. The Labute approximate surface area is 97.3 Å². The van der Waals surface area contributed by atoms with Gasteiger partial charge in [-0.15, -0.1) is 0 Å². The molecule has 0 aliphatic carbocycles. The number of halogens is 1. The number of anilines is 1. The molecular formula is C11H12FN3O2. The van der Waals surface area contributed by atoms with Gasteiger partial charge in [-0.1, -0.05) is 0 Å². The van der Waals surface area contributed by atoms with Crippen LogP contribution >= 0.6 is 0 Å². The van der Waals surface area contributed by atoms with Crippen molar-refractivity contribution in [3.05, 3.63) is 42.4 Å². The third-order valence-corrected chi connectivity index (χ3v) is 2.25. The van der Waals surface area contributed by atoms with E-state index >= 15 is 0 Å². The van der Waals surface area contributed by atoms with Gasteiger partial charge in [0.2, 0.25) is 5.95 Å². The molecule has 1 atom stereocenters. The molecule has 0 saturated carbocycles. The van der Waals surface area contributed by atoms with Gasteiger partial charge in [0, 0.05) is 12.1 Å². The number of hydrogen-bond acceptors (Lipinski definition) is 5. The number of hydrogen-bond donors (Lipinski definition) is 2. The van der Waals surface area contributed by atoms with E-state index in [1.54, 1.807) is 6.07 Å². The van der Waals surface area contributed by atoms with Crippen molar-refractivity contribution in [2.45, 2.75) is 12.5 Å². The topological polar surface area (TPSA) is 71.2 Å². The Bertz CT molecular complexity index is 444. The lowest BCUT2D eigenvalue weighted by Gasteiger charge is -2.08. The van der Waals surface area contributed by atoms with Crippen molar-refractivity contribution in [1.29, 1.82) is 0 Å². The lowest BCUT2D eigenvalue weighted by atomic mass is 10.1. The largest absolute Gasteiger partial charge is 0.472 e. The lowest BCUT2D eigenvalue weighted by molar-refractivity contribution is 0.170. The number of aromatic nitrogens is 2. The van der Waals surface area contributed by atoms with Crippen molar-refractivity contribution in [1.82, 2.24) is 9.97 Å². The molecule has 2 aromatic rings. The van der Waals surface area contributed by atoms with Gasteiger partial charge in [0.1, 0.15) is 0 Å². The first-order valence-electron chi connectivity index (χ1n) is 5.17. The molecule has 0 radical (unpaired) electrons. The second-order valence-electron chi connectivity index (χ2n) is 3.51. The second kappa shape index (κ2) is 5.40. The van der Waals surface area contributed by atoms with Gasteiger partial charge < -0.3 is 14.8 Å². The van der Waals surface area contributed by atoms with E-state index < -0.39 is 11.9 Å². The summed E-state index contributed by atoms with van der Waals surface area (Å²) in [6, 6.07) is 1.71. The Morgan fingerprint density at radius 3 is 2.82 bits per heavy atom. The highest BCUT2D eigenvalue weighted by Gasteiger charge is 2.08. The molecule has 2 aromatic heterocycles. The second-order valence-corrected chi connectivity index (χ2v) is 3.51. The summed E-state index contributed by atoms with van der Waals surface area (Å²) in [6.45, 7) is 0.484. The maximum atomic E-state index is 12.5. The summed E-state index contributed by atoms with van der Waals surface area (Å²) in [6.07, 6.45) is 5.07. The summed E-state index contributed by atoms with van der Waals surface area (Å²) >= 11 is 0. The van der Waals surface area contributed by atoms with Crippen LogP contribution in [0.4, 0.5) is 10.3 Å². The molecule has 17 heavy (non-hydrogen) atoms. The van der Waals surface area contributed by atoms with Gasteiger partial charge in [0.25, 0.3) is 0 Å². The van der Waals surface area contributed by atoms with Gasteiger partial charge >= 0.3 is 0 Å². The predicted octanol–water partition coefficient (Wildman–Crippen LogP) is 1.74. The van der Waals surface area contributed by atoms with Gasteiger partial charge in [-0.25, -0.2) is 14.4 Å². The van der Waals surface area contributed by atoms with E-state index in [4.69, 9.17) is 4.42 Å². The van der Waals surface area contributed by atoms with Crippen LogP contribution in [0.3, 0.4) is 0 Å². The van der Waals surface area contributed by atoms with Gasteiger partial charge in [0.05, 0.1) is 31.0 Å². The van der Waals surface area contributed by atoms with E-state index in [1.807, 2.05) is 0 Å². The van der Waals surface area contributed by atoms with E-state index in [0.29, 0.717) is 18.9 Å². The lowest BCUT2D eigenvalue weighted by Crippen LogP contribution is -2.09. The molecule has 2 rings (SSSR count). The monoisotopic (exact) mass is 237 g/mol. The highest BCUT2D eigenvalue weighted by molar-refractivity contribution is 5.22. The van der Waals surface area contributed by atoms with Crippen LogP contribution in [0.25, 0.3) is 0 Å². The third kappa shape index (κ3) is 3.25. The van der Waals surface area contributed by atoms with E-state index in [-0.39, 0.29) is 0 Å². The minimum atomic E-state index is -0.596. The molecule has 5 nitrogen and oxygen atoms in total. The number of aliphatic hydroxyl groups is 1. The molecule has 2 N–H and O–H groups in total. The standard InChI is InChI=1S/C11H12FN3O2/c12-9-5-14-11(15-6-9)13-3-1-10(16)8-2-4-17-7-8/h2,4-7,10,16H,1,3H2,(H,13,14,15). The Balaban J connectivity index is 1.78. The van der Waals surface area contributed by atoms with Crippen molar-refractivity contribution < 1.29 is 13.9 Å². The number of furan rings is 1. The highest BCUT2D eigenvalue weighted by Crippen LogP contribution is 2.16. The Hall–Kier alpha value is -1.95. The molecule has 1 unspecified atom stereocenters. The van der Waals surface area contributed by atoms with Gasteiger partial charge in [-0.3, -0.25) is 0 Å². The van der Waals surface area contributed by atoms with Crippen LogP contribution in [0.2, 0.25) is 0 Å². The summed E-state index contributed by atoms with van der Waals surface area (Å²) in [5.74, 6) is -0.139. The first kappa shape index (κ1) is 11.5. The smallest absolute Gasteiger partial charge is 0.222 e. The average molecular weight is 237 g/mol. The molecular weight excluding hydrogens is 225 g/mol. The molecule has 0 aromatic carbocycles. The van der Waals surface area contributed by atoms with Gasteiger partial charge in [-0.2, -0.15) is 0 Å². The van der Waals surface area contributed by atoms with Crippen LogP contribution in [-0.4, -0.2) is 21.6 Å².